The van der Waals surface area contributed by atoms with E-state index >= 15 is 0 Å². The molecule has 0 amide bonds. The van der Waals surface area contributed by atoms with Gasteiger partial charge in [0.15, 0.2) is 0 Å². The van der Waals surface area contributed by atoms with E-state index in [0.717, 1.165) is 24.8 Å². The molecule has 0 aliphatic carbocycles. The average Bonchev–Trinajstić information content (AvgIpc) is 2.75. The number of carboxylic acid groups (broad SMARTS) is 1. The minimum Gasteiger partial charge on any atom is -0.481 e. The number of benzene rings is 2. The van der Waals surface area contributed by atoms with E-state index in [4.69, 9.17) is 21.7 Å². The molecule has 1 aliphatic rings. The van der Waals surface area contributed by atoms with E-state index in [0.29, 0.717) is 35.0 Å². The third kappa shape index (κ3) is 4.62. The molecule has 6 nitrogen and oxygen atoms in total. The van der Waals surface area contributed by atoms with Crippen molar-refractivity contribution in [2.45, 2.75) is 37.0 Å². The van der Waals surface area contributed by atoms with Gasteiger partial charge in [-0.25, -0.2) is 8.42 Å². The molecule has 0 saturated carbocycles. The van der Waals surface area contributed by atoms with Crippen LogP contribution >= 0.6 is 11.6 Å². The number of fused-ring (bicyclic) bond motifs is 2. The van der Waals surface area contributed by atoms with Crippen molar-refractivity contribution in [2.24, 2.45) is 4.99 Å². The number of aliphatic carboxylic acids is 1. The zero-order valence-corrected chi connectivity index (χ0v) is 17.7. The van der Waals surface area contributed by atoms with Gasteiger partial charge in [-0.15, -0.1) is 0 Å². The highest BCUT2D eigenvalue weighted by Gasteiger charge is 2.32. The fraction of sp³-hybridized carbons (Fsp3) is 0.333. The maximum atomic E-state index is 13.2. The Labute approximate surface area is 175 Å². The molecule has 8 heteroatoms. The van der Waals surface area contributed by atoms with E-state index in [1.54, 1.807) is 24.3 Å². The number of anilines is 1. The molecule has 0 atom stereocenters. The number of carbonyl (C=O) groups is 1. The minimum absolute atomic E-state index is 0.143. The van der Waals surface area contributed by atoms with Gasteiger partial charge < -0.3 is 5.11 Å². The molecule has 154 valence electrons. The summed E-state index contributed by atoms with van der Waals surface area (Å²) in [6, 6.07) is 12.1. The Balaban J connectivity index is 1.94. The van der Waals surface area contributed by atoms with Crippen molar-refractivity contribution < 1.29 is 18.3 Å². The van der Waals surface area contributed by atoms with Crippen LogP contribution in [0.3, 0.4) is 0 Å². The van der Waals surface area contributed by atoms with Crippen LogP contribution in [0.2, 0.25) is 5.02 Å². The zero-order chi connectivity index (χ0) is 21.0. The maximum absolute atomic E-state index is 13.2. The Hall–Kier alpha value is -2.38. The summed E-state index contributed by atoms with van der Waals surface area (Å²) in [5.74, 6) is -0.777. The predicted molar refractivity (Wildman–Crippen MR) is 115 cm³/mol. The number of aliphatic imine (C=N–C) groups is 1. The normalized spacial score (nSPS) is 16.2. The van der Waals surface area contributed by atoms with Crippen molar-refractivity contribution in [1.29, 1.82) is 0 Å². The number of sulfonamides is 1. The van der Waals surface area contributed by atoms with Gasteiger partial charge in [0.05, 0.1) is 16.3 Å². The van der Waals surface area contributed by atoms with E-state index in [2.05, 4.69) is 0 Å². The molecule has 1 heterocycles. The Bertz CT molecular complexity index is 1050. The van der Waals surface area contributed by atoms with E-state index in [9.17, 15) is 13.2 Å². The Morgan fingerprint density at radius 3 is 2.55 bits per heavy atom. The first-order valence-electron chi connectivity index (χ1n) is 9.47. The van der Waals surface area contributed by atoms with Crippen LogP contribution in [0.5, 0.6) is 0 Å². The topological polar surface area (TPSA) is 87.0 Å². The average molecular weight is 435 g/mol. The van der Waals surface area contributed by atoms with Crippen LogP contribution in [0.4, 0.5) is 5.69 Å². The number of hydrogen-bond donors (Lipinski definition) is 1. The maximum Gasteiger partial charge on any atom is 0.303 e. The zero-order valence-electron chi connectivity index (χ0n) is 16.1. The van der Waals surface area contributed by atoms with Crippen LogP contribution < -0.4 is 4.31 Å². The first kappa shape index (κ1) is 21.3. The lowest BCUT2D eigenvalue weighted by Gasteiger charge is -2.19. The standard InChI is InChI=1S/C21H23ClN2O4S/c1-24-18-9-6-5-8-16(18)21(23-13-7-3-2-4-10-20(25)26)17-12-11-15(22)14-19(17)29(24,27)28/h5-6,8-9,11-12,14H,2-4,7,10,13H2,1H3,(H,25,26)/b23-21+. The number of nitrogens with zero attached hydrogens (tertiary/aromatic N) is 2. The van der Waals surface area contributed by atoms with Gasteiger partial charge >= 0.3 is 5.97 Å². The van der Waals surface area contributed by atoms with Crippen LogP contribution in [0.1, 0.15) is 43.2 Å². The van der Waals surface area contributed by atoms with Gasteiger partial charge in [-0.1, -0.05) is 42.6 Å². The van der Waals surface area contributed by atoms with Crippen LogP contribution in [0.15, 0.2) is 52.4 Å². The molecular weight excluding hydrogens is 412 g/mol. The molecule has 1 aliphatic heterocycles. The van der Waals surface area contributed by atoms with E-state index in [1.807, 2.05) is 12.1 Å². The molecular formula is C21H23ClN2O4S. The van der Waals surface area contributed by atoms with Gasteiger partial charge in [0.2, 0.25) is 0 Å². The predicted octanol–water partition coefficient (Wildman–Crippen LogP) is 4.35. The van der Waals surface area contributed by atoms with Crippen molar-refractivity contribution in [1.82, 2.24) is 0 Å². The lowest BCUT2D eigenvalue weighted by molar-refractivity contribution is -0.137. The lowest BCUT2D eigenvalue weighted by atomic mass is 10.00. The van der Waals surface area contributed by atoms with E-state index < -0.39 is 16.0 Å². The lowest BCUT2D eigenvalue weighted by Crippen LogP contribution is -2.26. The summed E-state index contributed by atoms with van der Waals surface area (Å²) in [6.07, 6.45) is 3.34. The summed E-state index contributed by atoms with van der Waals surface area (Å²) < 4.78 is 27.6. The molecule has 0 fully saturated rings. The number of halogens is 1. The van der Waals surface area contributed by atoms with Gasteiger partial charge in [-0.2, -0.15) is 0 Å². The van der Waals surface area contributed by atoms with Crippen LogP contribution in [-0.2, 0) is 14.8 Å². The van der Waals surface area contributed by atoms with Gasteiger partial charge in [0.25, 0.3) is 10.0 Å². The molecule has 0 bridgehead atoms. The van der Waals surface area contributed by atoms with Gasteiger partial charge in [-0.05, 0) is 37.1 Å². The summed E-state index contributed by atoms with van der Waals surface area (Å²) in [7, 11) is -2.23. The number of para-hydroxylation sites is 1. The fourth-order valence-corrected chi connectivity index (χ4v) is 5.05. The van der Waals surface area contributed by atoms with Gasteiger partial charge in [0, 0.05) is 36.2 Å². The summed E-state index contributed by atoms with van der Waals surface area (Å²) in [5.41, 5.74) is 2.49. The first-order chi connectivity index (χ1) is 13.8. The quantitative estimate of drug-likeness (QED) is 0.656. The highest BCUT2D eigenvalue weighted by atomic mass is 35.5. The van der Waals surface area contributed by atoms with Gasteiger partial charge in [0.1, 0.15) is 0 Å². The third-order valence-electron chi connectivity index (χ3n) is 4.90. The highest BCUT2D eigenvalue weighted by Crippen LogP contribution is 2.35. The summed E-state index contributed by atoms with van der Waals surface area (Å²) in [4.78, 5) is 15.5. The van der Waals surface area contributed by atoms with Crippen molar-refractivity contribution in [3.8, 4) is 0 Å². The van der Waals surface area contributed by atoms with Crippen LogP contribution in [-0.4, -0.2) is 38.8 Å². The molecule has 3 rings (SSSR count). The van der Waals surface area contributed by atoms with Crippen LogP contribution in [0.25, 0.3) is 0 Å². The second kappa shape index (κ2) is 8.97. The molecule has 0 spiro atoms. The Morgan fingerprint density at radius 1 is 1.07 bits per heavy atom. The smallest absolute Gasteiger partial charge is 0.303 e. The molecule has 2 aromatic rings. The largest absolute Gasteiger partial charge is 0.481 e. The van der Waals surface area contributed by atoms with E-state index in [1.165, 1.54) is 17.4 Å². The molecule has 0 aromatic heterocycles. The second-order valence-electron chi connectivity index (χ2n) is 6.92. The molecule has 0 unspecified atom stereocenters. The molecule has 2 aromatic carbocycles. The molecule has 1 N–H and O–H groups in total. The number of carboxylic acids is 1. The van der Waals surface area contributed by atoms with Crippen LogP contribution in [0, 0.1) is 0 Å². The SMILES string of the molecule is CN1c2ccccc2/C(=N\CCCCCCC(=O)O)c2ccc(Cl)cc2S1(=O)=O. The molecule has 0 radical (unpaired) electrons. The van der Waals surface area contributed by atoms with Crippen molar-refractivity contribution in [3.63, 3.8) is 0 Å². The molecule has 29 heavy (non-hydrogen) atoms. The van der Waals surface area contributed by atoms with Gasteiger partial charge in [-0.3, -0.25) is 14.1 Å². The summed E-state index contributed by atoms with van der Waals surface area (Å²) in [6.45, 7) is 0.530. The monoisotopic (exact) mass is 434 g/mol. The third-order valence-corrected chi connectivity index (χ3v) is 6.95. The van der Waals surface area contributed by atoms with Crippen molar-refractivity contribution in [2.75, 3.05) is 17.9 Å². The number of rotatable bonds is 7. The molecule has 0 saturated heterocycles. The van der Waals surface area contributed by atoms with E-state index in [-0.39, 0.29) is 11.3 Å². The fourth-order valence-electron chi connectivity index (χ4n) is 3.38. The minimum atomic E-state index is -3.76. The summed E-state index contributed by atoms with van der Waals surface area (Å²) >= 11 is 6.10. The van der Waals surface area contributed by atoms with Crippen molar-refractivity contribution >= 4 is 39.0 Å². The number of hydrogen-bond acceptors (Lipinski definition) is 4. The first-order valence-corrected chi connectivity index (χ1v) is 11.3. The number of unbranched alkanes of at least 4 members (excludes halogenated alkanes) is 3. The second-order valence-corrected chi connectivity index (χ2v) is 9.29. The van der Waals surface area contributed by atoms with Crippen molar-refractivity contribution in [3.05, 3.63) is 58.6 Å². The highest BCUT2D eigenvalue weighted by molar-refractivity contribution is 7.93. The summed E-state index contributed by atoms with van der Waals surface area (Å²) in [5, 5.41) is 9.05. The Morgan fingerprint density at radius 2 is 1.79 bits per heavy atom. The Kier molecular flexibility index (Phi) is 6.59.